The van der Waals surface area contributed by atoms with Gasteiger partial charge in [0.1, 0.15) is 11.6 Å². The Hall–Kier alpha value is -2.50. The Bertz CT molecular complexity index is 632. The summed E-state index contributed by atoms with van der Waals surface area (Å²) in [6.07, 6.45) is 0.795. The number of nitrogens with zero attached hydrogens (tertiary/aromatic N) is 1. The Balaban J connectivity index is 2.04. The van der Waals surface area contributed by atoms with Crippen molar-refractivity contribution in [3.05, 3.63) is 59.4 Å². The molecule has 0 bridgehead atoms. The van der Waals surface area contributed by atoms with Crippen LogP contribution in [0.1, 0.15) is 16.1 Å². The zero-order valence-electron chi connectivity index (χ0n) is 10.7. The number of hydrogen-bond donors (Lipinski definition) is 1. The minimum Gasteiger partial charge on any atom is -0.497 e. The van der Waals surface area contributed by atoms with Crippen LogP contribution in [0.5, 0.6) is 5.75 Å². The van der Waals surface area contributed by atoms with Gasteiger partial charge >= 0.3 is 0 Å². The summed E-state index contributed by atoms with van der Waals surface area (Å²) in [5, 5.41) is 2.51. The Labute approximate surface area is 114 Å². The molecule has 1 aromatic carbocycles. The van der Waals surface area contributed by atoms with Crippen molar-refractivity contribution in [2.24, 2.45) is 0 Å². The molecule has 2 rings (SSSR count). The number of hydrogen-bond acceptors (Lipinski definition) is 3. The van der Waals surface area contributed by atoms with Gasteiger partial charge in [-0.1, -0.05) is 12.1 Å². The van der Waals surface area contributed by atoms with Crippen LogP contribution in [0.3, 0.4) is 0 Å². The van der Waals surface area contributed by atoms with Crippen molar-refractivity contribution in [3.63, 3.8) is 0 Å². The summed E-state index contributed by atoms with van der Waals surface area (Å²) < 4.78 is 31.1. The molecule has 0 atom stereocenters. The quantitative estimate of drug-likeness (QED) is 0.933. The van der Waals surface area contributed by atoms with E-state index >= 15 is 0 Å². The van der Waals surface area contributed by atoms with Crippen LogP contribution in [-0.2, 0) is 6.54 Å². The molecule has 0 aliphatic heterocycles. The summed E-state index contributed by atoms with van der Waals surface area (Å²) in [6.45, 7) is 0.189. The number of carbonyl (C=O) groups is 1. The third-order valence-electron chi connectivity index (χ3n) is 2.61. The van der Waals surface area contributed by atoms with Crippen molar-refractivity contribution in [2.75, 3.05) is 7.11 Å². The molecule has 0 aliphatic carbocycles. The zero-order chi connectivity index (χ0) is 14.5. The maximum Gasteiger partial charge on any atom is 0.273 e. The van der Waals surface area contributed by atoms with Crippen molar-refractivity contribution in [3.8, 4) is 5.75 Å². The fourth-order valence-electron chi connectivity index (χ4n) is 1.63. The van der Waals surface area contributed by atoms with E-state index in [9.17, 15) is 13.6 Å². The van der Waals surface area contributed by atoms with Crippen molar-refractivity contribution < 1.29 is 18.3 Å². The lowest BCUT2D eigenvalue weighted by Gasteiger charge is -2.07. The molecule has 1 heterocycles. The number of halogens is 2. The van der Waals surface area contributed by atoms with E-state index in [1.54, 1.807) is 24.3 Å². The molecule has 0 unspecified atom stereocenters. The highest BCUT2D eigenvalue weighted by Crippen LogP contribution is 2.12. The molecule has 1 aromatic heterocycles. The van der Waals surface area contributed by atoms with Crippen molar-refractivity contribution in [2.45, 2.75) is 6.54 Å². The van der Waals surface area contributed by atoms with Gasteiger partial charge in [-0.05, 0) is 17.7 Å². The molecule has 2 aromatic rings. The second kappa shape index (κ2) is 6.10. The number of carbonyl (C=O) groups excluding carboxylic acids is 1. The van der Waals surface area contributed by atoms with E-state index in [1.807, 2.05) is 0 Å². The first-order valence-electron chi connectivity index (χ1n) is 5.82. The summed E-state index contributed by atoms with van der Waals surface area (Å²) >= 11 is 0. The van der Waals surface area contributed by atoms with Gasteiger partial charge in [-0.3, -0.25) is 4.79 Å². The molecule has 0 radical (unpaired) electrons. The molecular formula is C14H12F2N2O2. The number of rotatable bonds is 4. The van der Waals surface area contributed by atoms with Crippen LogP contribution in [0, 0.1) is 11.6 Å². The number of aromatic nitrogens is 1. The minimum absolute atomic E-state index is 0.189. The van der Waals surface area contributed by atoms with Gasteiger partial charge in [0.15, 0.2) is 11.5 Å². The van der Waals surface area contributed by atoms with Gasteiger partial charge in [-0.15, -0.1) is 0 Å². The summed E-state index contributed by atoms with van der Waals surface area (Å²) in [5.74, 6) is -1.87. The fraction of sp³-hybridized carbons (Fsp3) is 0.143. The zero-order valence-corrected chi connectivity index (χ0v) is 10.7. The van der Waals surface area contributed by atoms with E-state index in [4.69, 9.17) is 4.74 Å². The number of methoxy groups -OCH3 is 1. The third-order valence-corrected chi connectivity index (χ3v) is 2.61. The van der Waals surface area contributed by atoms with E-state index in [0.717, 1.165) is 11.8 Å². The number of pyridine rings is 1. The van der Waals surface area contributed by atoms with Crippen molar-refractivity contribution in [1.82, 2.24) is 10.3 Å². The van der Waals surface area contributed by atoms with Crippen LogP contribution < -0.4 is 10.1 Å². The molecular weight excluding hydrogens is 266 g/mol. The SMILES string of the molecule is COc1cccc(CNC(=O)c2ncc(F)cc2F)c1. The van der Waals surface area contributed by atoms with Crippen LogP contribution in [-0.4, -0.2) is 18.0 Å². The van der Waals surface area contributed by atoms with Gasteiger partial charge in [0.25, 0.3) is 5.91 Å². The monoisotopic (exact) mass is 278 g/mol. The first-order chi connectivity index (χ1) is 9.60. The number of benzene rings is 1. The van der Waals surface area contributed by atoms with E-state index in [1.165, 1.54) is 7.11 Å². The van der Waals surface area contributed by atoms with Crippen LogP contribution in [0.15, 0.2) is 36.5 Å². The van der Waals surface area contributed by atoms with Gasteiger partial charge in [0.2, 0.25) is 0 Å². The molecule has 0 saturated carbocycles. The van der Waals surface area contributed by atoms with Gasteiger partial charge in [0.05, 0.1) is 13.3 Å². The number of ether oxygens (including phenoxy) is 1. The van der Waals surface area contributed by atoms with E-state index in [-0.39, 0.29) is 6.54 Å². The normalized spacial score (nSPS) is 10.2. The molecule has 6 heteroatoms. The molecule has 0 fully saturated rings. The molecule has 0 aliphatic rings. The summed E-state index contributed by atoms with van der Waals surface area (Å²) in [7, 11) is 1.54. The molecule has 4 nitrogen and oxygen atoms in total. The van der Waals surface area contributed by atoms with E-state index in [0.29, 0.717) is 11.8 Å². The smallest absolute Gasteiger partial charge is 0.273 e. The second-order valence-electron chi connectivity index (χ2n) is 4.02. The molecule has 1 N–H and O–H groups in total. The summed E-state index contributed by atoms with van der Waals surface area (Å²) in [4.78, 5) is 15.2. The lowest BCUT2D eigenvalue weighted by atomic mass is 10.2. The fourth-order valence-corrected chi connectivity index (χ4v) is 1.63. The predicted octanol–water partition coefficient (Wildman–Crippen LogP) is 2.30. The molecule has 104 valence electrons. The molecule has 0 spiro atoms. The lowest BCUT2D eigenvalue weighted by molar-refractivity contribution is 0.0941. The Morgan fingerprint density at radius 1 is 1.35 bits per heavy atom. The Kier molecular flexibility index (Phi) is 4.24. The van der Waals surface area contributed by atoms with Gasteiger partial charge < -0.3 is 10.1 Å². The third kappa shape index (κ3) is 3.28. The highest BCUT2D eigenvalue weighted by Gasteiger charge is 2.13. The largest absolute Gasteiger partial charge is 0.497 e. The Morgan fingerprint density at radius 2 is 2.15 bits per heavy atom. The second-order valence-corrected chi connectivity index (χ2v) is 4.02. The Morgan fingerprint density at radius 3 is 2.85 bits per heavy atom. The van der Waals surface area contributed by atoms with Gasteiger partial charge in [-0.25, -0.2) is 13.8 Å². The summed E-state index contributed by atoms with van der Waals surface area (Å²) in [6, 6.07) is 7.70. The van der Waals surface area contributed by atoms with Crippen LogP contribution in [0.2, 0.25) is 0 Å². The first kappa shape index (κ1) is 13.9. The molecule has 20 heavy (non-hydrogen) atoms. The maximum absolute atomic E-state index is 13.4. The van der Waals surface area contributed by atoms with E-state index in [2.05, 4.69) is 10.3 Å². The van der Waals surface area contributed by atoms with Crippen molar-refractivity contribution in [1.29, 1.82) is 0 Å². The van der Waals surface area contributed by atoms with Crippen molar-refractivity contribution >= 4 is 5.91 Å². The number of amides is 1. The highest BCUT2D eigenvalue weighted by atomic mass is 19.1. The number of nitrogens with one attached hydrogen (secondary N) is 1. The highest BCUT2D eigenvalue weighted by molar-refractivity contribution is 5.92. The standard InChI is InChI=1S/C14H12F2N2O2/c1-20-11-4-2-3-9(5-11)7-18-14(19)13-12(16)6-10(15)8-17-13/h2-6,8H,7H2,1H3,(H,18,19). The van der Waals surface area contributed by atoms with E-state index < -0.39 is 23.2 Å². The van der Waals surface area contributed by atoms with Crippen LogP contribution in [0.25, 0.3) is 0 Å². The van der Waals surface area contributed by atoms with Gasteiger partial charge in [0, 0.05) is 12.6 Å². The first-order valence-corrected chi connectivity index (χ1v) is 5.82. The summed E-state index contributed by atoms with van der Waals surface area (Å²) in [5.41, 5.74) is 0.356. The lowest BCUT2D eigenvalue weighted by Crippen LogP contribution is -2.25. The average molecular weight is 278 g/mol. The predicted molar refractivity (Wildman–Crippen MR) is 68.3 cm³/mol. The molecule has 0 saturated heterocycles. The van der Waals surface area contributed by atoms with Crippen LogP contribution >= 0.6 is 0 Å². The van der Waals surface area contributed by atoms with Gasteiger partial charge in [-0.2, -0.15) is 0 Å². The average Bonchev–Trinajstić information content (AvgIpc) is 2.45. The van der Waals surface area contributed by atoms with Crippen LogP contribution in [0.4, 0.5) is 8.78 Å². The minimum atomic E-state index is -0.992. The topological polar surface area (TPSA) is 51.2 Å². The maximum atomic E-state index is 13.4. The molecule has 1 amide bonds.